The number of rotatable bonds is 1. The van der Waals surface area contributed by atoms with Gasteiger partial charge in [-0.2, -0.15) is 13.2 Å². The fourth-order valence-electron chi connectivity index (χ4n) is 3.07. The zero-order valence-corrected chi connectivity index (χ0v) is 12.3. The van der Waals surface area contributed by atoms with E-state index in [1.54, 1.807) is 6.07 Å². The van der Waals surface area contributed by atoms with E-state index in [0.717, 1.165) is 11.8 Å². The lowest BCUT2D eigenvalue weighted by molar-refractivity contribution is -0.252. The number of hydrogen-bond acceptors (Lipinski definition) is 4. The molecule has 2 bridgehead atoms. The van der Waals surface area contributed by atoms with Crippen LogP contribution in [0.1, 0.15) is 12.0 Å². The molecule has 2 heterocycles. The van der Waals surface area contributed by atoms with Crippen molar-refractivity contribution in [1.82, 2.24) is 0 Å². The number of nitrogens with zero attached hydrogens (tertiary/aromatic N) is 1. The lowest BCUT2D eigenvalue weighted by atomic mass is 9.78. The van der Waals surface area contributed by atoms with Crippen LogP contribution < -0.4 is 5.73 Å². The number of thioether (sulfide) groups is 1. The van der Waals surface area contributed by atoms with E-state index in [-0.39, 0.29) is 29.5 Å². The highest BCUT2D eigenvalue weighted by atomic mass is 32.2. The van der Waals surface area contributed by atoms with Crippen LogP contribution in [-0.2, 0) is 10.3 Å². The first kappa shape index (κ1) is 15.6. The first-order chi connectivity index (χ1) is 10.3. The van der Waals surface area contributed by atoms with Crippen molar-refractivity contribution in [3.8, 4) is 0 Å². The van der Waals surface area contributed by atoms with E-state index in [0.29, 0.717) is 0 Å². The van der Waals surface area contributed by atoms with Crippen molar-refractivity contribution in [3.63, 3.8) is 0 Å². The van der Waals surface area contributed by atoms with Crippen LogP contribution in [0.25, 0.3) is 0 Å². The van der Waals surface area contributed by atoms with Crippen molar-refractivity contribution in [2.24, 2.45) is 16.6 Å². The number of amidine groups is 1. The van der Waals surface area contributed by atoms with E-state index < -0.39 is 29.6 Å². The molecular weight excluding hydrogens is 320 g/mol. The zero-order valence-electron chi connectivity index (χ0n) is 11.4. The van der Waals surface area contributed by atoms with Crippen LogP contribution in [0.5, 0.6) is 0 Å². The number of halogens is 4. The Kier molecular flexibility index (Phi) is 3.84. The number of alkyl halides is 3. The van der Waals surface area contributed by atoms with Gasteiger partial charge < -0.3 is 10.5 Å². The molecule has 3 nitrogen and oxygen atoms in total. The second-order valence-electron chi connectivity index (χ2n) is 5.51. The maximum Gasteiger partial charge on any atom is 0.414 e. The molecular formula is C14H14F4N2OS. The molecule has 2 aliphatic rings. The monoisotopic (exact) mass is 334 g/mol. The van der Waals surface area contributed by atoms with Crippen molar-refractivity contribution >= 4 is 16.9 Å². The highest BCUT2D eigenvalue weighted by Gasteiger charge is 2.54. The molecule has 0 spiro atoms. The van der Waals surface area contributed by atoms with Gasteiger partial charge in [-0.25, -0.2) is 9.38 Å². The molecule has 0 aromatic heterocycles. The molecule has 0 aliphatic carbocycles. The van der Waals surface area contributed by atoms with Gasteiger partial charge in [0.05, 0.1) is 6.61 Å². The summed E-state index contributed by atoms with van der Waals surface area (Å²) in [5.41, 5.74) is 4.81. The van der Waals surface area contributed by atoms with Crippen molar-refractivity contribution in [2.45, 2.75) is 24.2 Å². The van der Waals surface area contributed by atoms with Crippen molar-refractivity contribution < 1.29 is 22.3 Å². The Morgan fingerprint density at radius 1 is 1.32 bits per heavy atom. The first-order valence-electron chi connectivity index (χ1n) is 6.73. The summed E-state index contributed by atoms with van der Waals surface area (Å²) in [5, 5.41) is 0.164. The molecule has 22 heavy (non-hydrogen) atoms. The Labute approximate surface area is 128 Å². The third-order valence-corrected chi connectivity index (χ3v) is 4.98. The van der Waals surface area contributed by atoms with E-state index in [4.69, 9.17) is 10.5 Å². The first-order valence-corrected chi connectivity index (χ1v) is 7.72. The van der Waals surface area contributed by atoms with E-state index in [1.165, 1.54) is 18.2 Å². The minimum Gasteiger partial charge on any atom is -0.379 e. The third-order valence-electron chi connectivity index (χ3n) is 4.00. The van der Waals surface area contributed by atoms with Crippen LogP contribution in [-0.4, -0.2) is 29.8 Å². The summed E-state index contributed by atoms with van der Waals surface area (Å²) < 4.78 is 58.5. The average molecular weight is 334 g/mol. The van der Waals surface area contributed by atoms with Gasteiger partial charge in [-0.15, -0.1) is 0 Å². The second-order valence-corrected chi connectivity index (χ2v) is 6.55. The summed E-state index contributed by atoms with van der Waals surface area (Å²) in [6.45, 7) is -0.337. The number of nitrogens with two attached hydrogens (primary N) is 1. The van der Waals surface area contributed by atoms with E-state index >= 15 is 0 Å². The lowest BCUT2D eigenvalue weighted by Gasteiger charge is -2.41. The summed E-state index contributed by atoms with van der Waals surface area (Å²) >= 11 is 1.06. The van der Waals surface area contributed by atoms with Crippen LogP contribution in [0.4, 0.5) is 17.6 Å². The smallest absolute Gasteiger partial charge is 0.379 e. The van der Waals surface area contributed by atoms with E-state index in [1.807, 2.05) is 0 Å². The molecule has 8 heteroatoms. The SMILES string of the molecule is NC1=N[C@@]2(c3ccccc3F)CO[C@H](C(F)(F)F)[C@H](CS1)C2. The molecule has 2 N–H and O–H groups in total. The molecule has 3 rings (SSSR count). The Bertz CT molecular complexity index is 607. The number of fused-ring (bicyclic) bond motifs is 2. The van der Waals surface area contributed by atoms with Crippen molar-refractivity contribution in [2.75, 3.05) is 12.4 Å². The normalized spacial score (nSPS) is 32.3. The molecule has 0 saturated carbocycles. The van der Waals surface area contributed by atoms with Gasteiger partial charge in [-0.3, -0.25) is 0 Å². The number of benzene rings is 1. The average Bonchev–Trinajstić information content (AvgIpc) is 2.55. The Morgan fingerprint density at radius 3 is 2.73 bits per heavy atom. The van der Waals surface area contributed by atoms with Crippen LogP contribution in [0.3, 0.4) is 0 Å². The minimum absolute atomic E-state index is 0.0613. The highest BCUT2D eigenvalue weighted by molar-refractivity contribution is 8.13. The molecule has 1 aromatic rings. The summed E-state index contributed by atoms with van der Waals surface area (Å²) in [7, 11) is 0. The number of aliphatic imine (C=N–C) groups is 1. The molecule has 1 fully saturated rings. The fourth-order valence-corrected chi connectivity index (χ4v) is 3.99. The van der Waals surface area contributed by atoms with Gasteiger partial charge in [0.15, 0.2) is 11.3 Å². The van der Waals surface area contributed by atoms with Crippen LogP contribution in [0.15, 0.2) is 29.3 Å². The summed E-state index contributed by atoms with van der Waals surface area (Å²) in [6.07, 6.45) is -6.25. The molecule has 3 atom stereocenters. The molecule has 0 amide bonds. The van der Waals surface area contributed by atoms with Gasteiger partial charge in [0, 0.05) is 17.2 Å². The molecule has 2 aliphatic heterocycles. The predicted molar refractivity (Wildman–Crippen MR) is 76.1 cm³/mol. The molecule has 1 aromatic carbocycles. The van der Waals surface area contributed by atoms with Crippen LogP contribution in [0, 0.1) is 11.7 Å². The van der Waals surface area contributed by atoms with Gasteiger partial charge in [0.2, 0.25) is 0 Å². The topological polar surface area (TPSA) is 47.6 Å². The standard InChI is InChI=1S/C14H14F4N2OS/c15-10-4-2-1-3-9(10)13-5-8(6-22-12(19)20-13)11(21-7-13)14(16,17)18/h1-4,8,11H,5-7H2,(H2,19,20)/t8-,11-,13+/m0/s1. The molecule has 0 radical (unpaired) electrons. The highest BCUT2D eigenvalue weighted by Crippen LogP contribution is 2.47. The van der Waals surface area contributed by atoms with Gasteiger partial charge >= 0.3 is 6.18 Å². The van der Waals surface area contributed by atoms with Gasteiger partial charge in [0.25, 0.3) is 0 Å². The molecule has 1 saturated heterocycles. The molecule has 120 valence electrons. The summed E-state index contributed by atoms with van der Waals surface area (Å²) in [6, 6.07) is 5.94. The largest absolute Gasteiger partial charge is 0.414 e. The quantitative estimate of drug-likeness (QED) is 0.803. The number of hydrogen-bond donors (Lipinski definition) is 1. The Morgan fingerprint density at radius 2 is 2.05 bits per heavy atom. The Balaban J connectivity index is 2.03. The summed E-state index contributed by atoms with van der Waals surface area (Å²) in [5.74, 6) is -1.18. The lowest BCUT2D eigenvalue weighted by Crippen LogP contribution is -2.50. The predicted octanol–water partition coefficient (Wildman–Crippen LogP) is 3.05. The Hall–Kier alpha value is -1.28. The zero-order chi connectivity index (χ0) is 16.0. The van der Waals surface area contributed by atoms with Crippen LogP contribution in [0.2, 0.25) is 0 Å². The minimum atomic E-state index is -4.45. The third kappa shape index (κ3) is 2.69. The van der Waals surface area contributed by atoms with Crippen molar-refractivity contribution in [3.05, 3.63) is 35.6 Å². The fraction of sp³-hybridized carbons (Fsp3) is 0.500. The van der Waals surface area contributed by atoms with Gasteiger partial charge in [-0.05, 0) is 12.5 Å². The van der Waals surface area contributed by atoms with E-state index in [2.05, 4.69) is 4.99 Å². The second kappa shape index (κ2) is 5.42. The van der Waals surface area contributed by atoms with Crippen LogP contribution >= 0.6 is 11.8 Å². The van der Waals surface area contributed by atoms with Crippen molar-refractivity contribution in [1.29, 1.82) is 0 Å². The van der Waals surface area contributed by atoms with E-state index in [9.17, 15) is 17.6 Å². The maximum atomic E-state index is 14.2. The van der Waals surface area contributed by atoms with Gasteiger partial charge in [0.1, 0.15) is 11.4 Å². The maximum absolute atomic E-state index is 14.2. The number of ether oxygens (including phenoxy) is 1. The molecule has 0 unspecified atom stereocenters. The van der Waals surface area contributed by atoms with Gasteiger partial charge in [-0.1, -0.05) is 30.0 Å². The summed E-state index contributed by atoms with van der Waals surface area (Å²) in [4.78, 5) is 4.30.